The molecule has 1 rings (SSSR count). The second-order valence-corrected chi connectivity index (χ2v) is 5.80. The monoisotopic (exact) mass is 298 g/mol. The highest BCUT2D eigenvalue weighted by Gasteiger charge is 2.17. The number of urea groups is 1. The number of nitrogens with zero attached hydrogens (tertiary/aromatic N) is 1. The Morgan fingerprint density at radius 1 is 1.35 bits per heavy atom. The van der Waals surface area contributed by atoms with E-state index < -0.39 is 16.8 Å². The number of hydrogen-bond acceptors (Lipinski definition) is 3. The van der Waals surface area contributed by atoms with Gasteiger partial charge in [0.1, 0.15) is 0 Å². The van der Waals surface area contributed by atoms with E-state index in [1.54, 1.807) is 24.5 Å². The number of hydrogen-bond donors (Lipinski definition) is 2. The number of carbonyl (C=O) groups excluding carboxylic acids is 1. The summed E-state index contributed by atoms with van der Waals surface area (Å²) in [5, 5.41) is 11.7. The van der Waals surface area contributed by atoms with Crippen molar-refractivity contribution in [3.8, 4) is 0 Å². The van der Waals surface area contributed by atoms with E-state index in [-0.39, 0.29) is 11.6 Å². The Kier molecular flexibility index (Phi) is 6.17. The van der Waals surface area contributed by atoms with Crippen molar-refractivity contribution in [1.29, 1.82) is 0 Å². The second-order valence-electron chi connectivity index (χ2n) is 4.24. The third kappa shape index (κ3) is 4.65. The van der Waals surface area contributed by atoms with Gasteiger partial charge in [-0.1, -0.05) is 12.1 Å². The van der Waals surface area contributed by atoms with Crippen molar-refractivity contribution in [1.82, 2.24) is 5.32 Å². The van der Waals surface area contributed by atoms with Crippen molar-refractivity contribution in [2.45, 2.75) is 6.42 Å². The maximum absolute atomic E-state index is 11.9. The van der Waals surface area contributed by atoms with Crippen molar-refractivity contribution in [2.24, 2.45) is 0 Å². The van der Waals surface area contributed by atoms with E-state index in [0.29, 0.717) is 24.4 Å². The van der Waals surface area contributed by atoms with Gasteiger partial charge in [0.05, 0.1) is 11.3 Å². The fraction of sp³-hybridized carbons (Fsp3) is 0.385. The Labute approximate surface area is 120 Å². The van der Waals surface area contributed by atoms with Crippen LogP contribution in [0.15, 0.2) is 24.3 Å². The number of carboxylic acids is 1. The third-order valence-corrected chi connectivity index (χ3v) is 3.55. The lowest BCUT2D eigenvalue weighted by molar-refractivity contribution is 0.0697. The van der Waals surface area contributed by atoms with Gasteiger partial charge in [-0.3, -0.25) is 9.11 Å². The van der Waals surface area contributed by atoms with Crippen LogP contribution in [0.1, 0.15) is 16.8 Å². The minimum Gasteiger partial charge on any atom is -0.478 e. The number of aromatic carboxylic acids is 1. The normalized spacial score (nSPS) is 11.7. The van der Waals surface area contributed by atoms with Crippen LogP contribution in [0.2, 0.25) is 0 Å². The molecule has 0 radical (unpaired) electrons. The maximum atomic E-state index is 11.9. The number of benzene rings is 1. The molecule has 0 aromatic heterocycles. The predicted octanol–water partition coefficient (Wildman–Crippen LogP) is 1.30. The van der Waals surface area contributed by atoms with E-state index in [4.69, 9.17) is 5.11 Å². The first-order valence-corrected chi connectivity index (χ1v) is 7.80. The van der Waals surface area contributed by atoms with Crippen molar-refractivity contribution in [2.75, 3.05) is 30.5 Å². The van der Waals surface area contributed by atoms with Crippen LogP contribution in [0.3, 0.4) is 0 Å². The van der Waals surface area contributed by atoms with E-state index in [0.717, 1.165) is 0 Å². The molecule has 1 unspecified atom stereocenters. The Bertz CT molecular complexity index is 519. The van der Waals surface area contributed by atoms with Gasteiger partial charge in [-0.05, 0) is 18.6 Å². The summed E-state index contributed by atoms with van der Waals surface area (Å²) in [6.45, 7) is 0.401. The van der Waals surface area contributed by atoms with Gasteiger partial charge in [0.25, 0.3) is 0 Å². The van der Waals surface area contributed by atoms with E-state index in [2.05, 4.69) is 5.32 Å². The largest absolute Gasteiger partial charge is 0.478 e. The van der Waals surface area contributed by atoms with Crippen molar-refractivity contribution in [3.63, 3.8) is 0 Å². The highest BCUT2D eigenvalue weighted by Crippen LogP contribution is 2.19. The summed E-state index contributed by atoms with van der Waals surface area (Å²) in [4.78, 5) is 24.3. The molecule has 1 aromatic carbocycles. The number of carboxylic acid groups (broad SMARTS) is 1. The molecule has 6 nitrogen and oxygen atoms in total. The Hall–Kier alpha value is -1.89. The topological polar surface area (TPSA) is 86.7 Å². The van der Waals surface area contributed by atoms with Gasteiger partial charge in [0.15, 0.2) is 0 Å². The van der Waals surface area contributed by atoms with Gasteiger partial charge < -0.3 is 10.4 Å². The molecule has 7 heteroatoms. The van der Waals surface area contributed by atoms with Crippen LogP contribution in [-0.4, -0.2) is 46.9 Å². The molecule has 0 bridgehead atoms. The van der Waals surface area contributed by atoms with Crippen molar-refractivity contribution < 1.29 is 18.9 Å². The molecule has 0 spiro atoms. The molecule has 1 atom stereocenters. The zero-order chi connectivity index (χ0) is 15.1. The van der Waals surface area contributed by atoms with Crippen molar-refractivity contribution in [3.05, 3.63) is 29.8 Å². The predicted molar refractivity (Wildman–Crippen MR) is 78.8 cm³/mol. The van der Waals surface area contributed by atoms with Gasteiger partial charge >= 0.3 is 12.0 Å². The van der Waals surface area contributed by atoms with Crippen molar-refractivity contribution >= 4 is 28.5 Å². The molecule has 110 valence electrons. The Balaban J connectivity index is 2.65. The Morgan fingerprint density at radius 2 is 2.00 bits per heavy atom. The first-order valence-electron chi connectivity index (χ1n) is 6.07. The third-order valence-electron chi connectivity index (χ3n) is 2.69. The lowest BCUT2D eigenvalue weighted by Crippen LogP contribution is -2.38. The number of nitrogens with one attached hydrogen (secondary N) is 1. The average Bonchev–Trinajstić information content (AvgIpc) is 2.42. The van der Waals surface area contributed by atoms with Gasteiger partial charge in [-0.2, -0.15) is 0 Å². The minimum atomic E-state index is -1.08. The standard InChI is InChI=1S/C13H18N2O4S/c1-15(13(18)14-8-5-9-20(2)19)11-7-4-3-6-10(11)12(16)17/h3-4,6-7H,5,8-9H2,1-2H3,(H,14,18)(H,16,17). The number of amides is 2. The summed E-state index contributed by atoms with van der Waals surface area (Å²) in [6.07, 6.45) is 2.22. The van der Waals surface area contributed by atoms with Crippen LogP contribution >= 0.6 is 0 Å². The van der Waals surface area contributed by atoms with Gasteiger partial charge in [-0.25, -0.2) is 9.59 Å². The number of para-hydroxylation sites is 1. The highest BCUT2D eigenvalue weighted by molar-refractivity contribution is 7.84. The first kappa shape index (κ1) is 16.2. The summed E-state index contributed by atoms with van der Waals surface area (Å²) in [5.41, 5.74) is 0.399. The summed E-state index contributed by atoms with van der Waals surface area (Å²) in [7, 11) is 0.630. The molecule has 0 saturated carbocycles. The summed E-state index contributed by atoms with van der Waals surface area (Å²) < 4.78 is 10.9. The zero-order valence-electron chi connectivity index (χ0n) is 11.5. The second kappa shape index (κ2) is 7.64. The fourth-order valence-corrected chi connectivity index (χ4v) is 2.20. The molecule has 0 saturated heterocycles. The molecule has 0 aliphatic carbocycles. The van der Waals surface area contributed by atoms with Gasteiger partial charge in [0, 0.05) is 36.4 Å². The van der Waals surface area contributed by atoms with Crippen LogP contribution in [0.25, 0.3) is 0 Å². The lowest BCUT2D eigenvalue weighted by Gasteiger charge is -2.19. The van der Waals surface area contributed by atoms with Crippen LogP contribution in [0.4, 0.5) is 10.5 Å². The molecule has 2 N–H and O–H groups in total. The molecule has 0 heterocycles. The number of rotatable bonds is 6. The van der Waals surface area contributed by atoms with E-state index >= 15 is 0 Å². The average molecular weight is 298 g/mol. The molecule has 20 heavy (non-hydrogen) atoms. The van der Waals surface area contributed by atoms with Crippen LogP contribution < -0.4 is 10.2 Å². The summed E-state index contributed by atoms with van der Waals surface area (Å²) in [5.74, 6) is -0.558. The van der Waals surface area contributed by atoms with E-state index in [1.807, 2.05) is 0 Å². The molecule has 1 aromatic rings. The maximum Gasteiger partial charge on any atom is 0.337 e. The van der Waals surface area contributed by atoms with Gasteiger partial charge in [-0.15, -0.1) is 0 Å². The molecule has 0 aliphatic rings. The smallest absolute Gasteiger partial charge is 0.337 e. The Morgan fingerprint density at radius 3 is 2.60 bits per heavy atom. The fourth-order valence-electron chi connectivity index (χ4n) is 1.65. The molecular formula is C13H18N2O4S. The van der Waals surface area contributed by atoms with E-state index in [1.165, 1.54) is 18.0 Å². The van der Waals surface area contributed by atoms with Crippen LogP contribution in [0, 0.1) is 0 Å². The number of carbonyl (C=O) groups is 2. The summed E-state index contributed by atoms with van der Waals surface area (Å²) >= 11 is 0. The highest BCUT2D eigenvalue weighted by atomic mass is 32.2. The lowest BCUT2D eigenvalue weighted by atomic mass is 10.1. The molecule has 0 fully saturated rings. The van der Waals surface area contributed by atoms with Crippen LogP contribution in [-0.2, 0) is 10.8 Å². The van der Waals surface area contributed by atoms with Gasteiger partial charge in [0.2, 0.25) is 0 Å². The molecule has 0 aliphatic heterocycles. The number of anilines is 1. The quantitative estimate of drug-likeness (QED) is 0.775. The molecule has 2 amide bonds. The first-order chi connectivity index (χ1) is 9.43. The van der Waals surface area contributed by atoms with Crippen LogP contribution in [0.5, 0.6) is 0 Å². The molecular weight excluding hydrogens is 280 g/mol. The minimum absolute atomic E-state index is 0.0693. The zero-order valence-corrected chi connectivity index (χ0v) is 12.3. The van der Waals surface area contributed by atoms with E-state index in [9.17, 15) is 13.8 Å². The summed E-state index contributed by atoms with van der Waals surface area (Å²) in [6, 6.07) is 5.91. The SMILES string of the molecule is CN(C(=O)NCCCS(C)=O)c1ccccc1C(=O)O.